The van der Waals surface area contributed by atoms with Crippen LogP contribution in [-0.4, -0.2) is 50.6 Å². The third-order valence-electron chi connectivity index (χ3n) is 7.07. The van der Waals surface area contributed by atoms with E-state index in [4.69, 9.17) is 38.9 Å². The van der Waals surface area contributed by atoms with Crippen LogP contribution in [0.2, 0.25) is 10.0 Å². The molecule has 1 aromatic carbocycles. The molecule has 2 heterocycles. The van der Waals surface area contributed by atoms with Crippen LogP contribution >= 0.6 is 48.0 Å². The summed E-state index contributed by atoms with van der Waals surface area (Å²) >= 11 is 12.0. The number of nitrogens with zero attached hydrogens (tertiary/aromatic N) is 4. The first kappa shape index (κ1) is 30.5. The van der Waals surface area contributed by atoms with Crippen LogP contribution in [0.5, 0.6) is 0 Å². The molecule has 1 amide bonds. The minimum atomic E-state index is -0.239. The molecule has 0 atom stereocenters. The molecule has 0 saturated heterocycles. The second-order valence-corrected chi connectivity index (χ2v) is 10.6. The van der Waals surface area contributed by atoms with Gasteiger partial charge in [-0.1, -0.05) is 36.0 Å². The molecule has 2 fully saturated rings. The molecule has 0 bridgehead atoms. The van der Waals surface area contributed by atoms with E-state index >= 15 is 0 Å². The lowest BCUT2D eigenvalue weighted by atomic mass is 9.92. The van der Waals surface area contributed by atoms with Crippen LogP contribution in [0.25, 0.3) is 11.2 Å². The van der Waals surface area contributed by atoms with Gasteiger partial charge >= 0.3 is 0 Å². The van der Waals surface area contributed by atoms with E-state index in [0.29, 0.717) is 52.5 Å². The lowest BCUT2D eigenvalue weighted by Gasteiger charge is -2.27. The van der Waals surface area contributed by atoms with Crippen LogP contribution in [0.15, 0.2) is 24.5 Å². The van der Waals surface area contributed by atoms with Gasteiger partial charge in [0.2, 0.25) is 5.95 Å². The van der Waals surface area contributed by atoms with Crippen molar-refractivity contribution >= 4 is 76.9 Å². The number of hydrogen-bond acceptors (Lipinski definition) is 7. The van der Waals surface area contributed by atoms with E-state index in [1.807, 2.05) is 6.33 Å². The number of amides is 1. The molecule has 13 heteroatoms. The van der Waals surface area contributed by atoms with Crippen molar-refractivity contribution in [3.63, 3.8) is 0 Å². The summed E-state index contributed by atoms with van der Waals surface area (Å²) in [5, 5.41) is 10.6. The number of anilines is 2. The molecule has 0 spiro atoms. The molecule has 2 aromatic heterocycles. The summed E-state index contributed by atoms with van der Waals surface area (Å²) in [7, 11) is 0. The highest BCUT2D eigenvalue weighted by molar-refractivity contribution is 6.35. The largest absolute Gasteiger partial charge is 0.366 e. The van der Waals surface area contributed by atoms with Gasteiger partial charge in [-0.3, -0.25) is 4.79 Å². The minimum absolute atomic E-state index is 0. The summed E-state index contributed by atoms with van der Waals surface area (Å²) in [5.41, 5.74) is 8.09. The van der Waals surface area contributed by atoms with Crippen molar-refractivity contribution in [2.45, 2.75) is 69.5 Å². The van der Waals surface area contributed by atoms with Crippen molar-refractivity contribution in [2.75, 3.05) is 23.7 Å². The molecular formula is C25H34Cl4N8O. The Hall–Kier alpha value is -2.04. The Bertz CT molecular complexity index is 1210. The molecule has 2 aliphatic carbocycles. The fourth-order valence-corrected chi connectivity index (χ4v) is 5.67. The minimum Gasteiger partial charge on any atom is -0.366 e. The smallest absolute Gasteiger partial charge is 0.251 e. The summed E-state index contributed by atoms with van der Waals surface area (Å²) in [6.45, 7) is 0.862. The van der Waals surface area contributed by atoms with Crippen molar-refractivity contribution in [2.24, 2.45) is 5.73 Å². The monoisotopic (exact) mass is 602 g/mol. The molecule has 5 rings (SSSR count). The highest BCUT2D eigenvalue weighted by Gasteiger charge is 2.24. The maximum atomic E-state index is 12.5. The predicted octanol–water partition coefficient (Wildman–Crippen LogP) is 5.62. The first-order valence-corrected chi connectivity index (χ1v) is 13.5. The van der Waals surface area contributed by atoms with Gasteiger partial charge in [0, 0.05) is 46.8 Å². The second-order valence-electron chi connectivity index (χ2n) is 9.75. The van der Waals surface area contributed by atoms with Crippen LogP contribution in [0, 0.1) is 0 Å². The highest BCUT2D eigenvalue weighted by atomic mass is 35.5. The molecule has 3 aromatic rings. The zero-order valence-corrected chi connectivity index (χ0v) is 24.1. The van der Waals surface area contributed by atoms with Gasteiger partial charge in [0.05, 0.1) is 6.33 Å². The van der Waals surface area contributed by atoms with Crippen molar-refractivity contribution in [1.82, 2.24) is 24.8 Å². The van der Waals surface area contributed by atoms with E-state index in [0.717, 1.165) is 49.7 Å². The maximum absolute atomic E-state index is 12.5. The Morgan fingerprint density at radius 2 is 1.66 bits per heavy atom. The van der Waals surface area contributed by atoms with E-state index in [9.17, 15) is 4.79 Å². The van der Waals surface area contributed by atoms with Gasteiger partial charge in [0.1, 0.15) is 0 Å². The average Bonchev–Trinajstić information content (AvgIpc) is 3.52. The summed E-state index contributed by atoms with van der Waals surface area (Å²) < 4.78 is 2.20. The van der Waals surface area contributed by atoms with Crippen LogP contribution in [0.1, 0.15) is 67.8 Å². The topological polar surface area (TPSA) is 123 Å². The number of aromatic nitrogens is 4. The number of benzene rings is 1. The van der Waals surface area contributed by atoms with Gasteiger partial charge in [0.25, 0.3) is 5.91 Å². The maximum Gasteiger partial charge on any atom is 0.251 e. The molecule has 5 N–H and O–H groups in total. The van der Waals surface area contributed by atoms with E-state index in [1.54, 1.807) is 18.2 Å². The van der Waals surface area contributed by atoms with Crippen LogP contribution in [-0.2, 0) is 0 Å². The zero-order valence-electron chi connectivity index (χ0n) is 21.0. The summed E-state index contributed by atoms with van der Waals surface area (Å²) in [4.78, 5) is 26.8. The number of fused-ring (bicyclic) bond motifs is 1. The van der Waals surface area contributed by atoms with Gasteiger partial charge in [-0.25, -0.2) is 4.98 Å². The van der Waals surface area contributed by atoms with Gasteiger partial charge in [-0.05, 0) is 56.7 Å². The van der Waals surface area contributed by atoms with Gasteiger partial charge < -0.3 is 26.3 Å². The average molecular weight is 604 g/mol. The van der Waals surface area contributed by atoms with Crippen molar-refractivity contribution < 1.29 is 4.79 Å². The molecule has 38 heavy (non-hydrogen) atoms. The Balaban J connectivity index is 0.00000200. The standard InChI is InChI=1S/C25H32Cl2N8O.2ClH/c26-16-11-15(12-17(27)13-16)24(36)30-10-9-29-22-21-23(35(14-31-21)20-3-1-2-4-20)34-25(33-22)32-19-7-5-18(28)6-8-19;;/h11-14,18-20H,1-10,28H2,(H,30,36)(H2,29,32,33,34);2*1H/t18-,19-;;. The number of rotatable bonds is 8. The van der Waals surface area contributed by atoms with E-state index in [2.05, 4.69) is 25.5 Å². The molecular weight excluding hydrogens is 570 g/mol. The fraction of sp³-hybridized carbons (Fsp3) is 0.520. The molecule has 208 valence electrons. The van der Waals surface area contributed by atoms with Crippen LogP contribution in [0.3, 0.4) is 0 Å². The molecule has 0 unspecified atom stereocenters. The second kappa shape index (κ2) is 13.8. The summed E-state index contributed by atoms with van der Waals surface area (Å²) in [5.74, 6) is 1.02. The zero-order chi connectivity index (χ0) is 25.1. The number of imidazole rings is 1. The number of nitrogens with one attached hydrogen (secondary N) is 3. The number of carbonyl (C=O) groups is 1. The molecule has 2 aliphatic rings. The Labute approximate surface area is 244 Å². The number of nitrogens with two attached hydrogens (primary N) is 1. The molecule has 0 radical (unpaired) electrons. The Morgan fingerprint density at radius 1 is 0.974 bits per heavy atom. The molecule has 9 nitrogen and oxygen atoms in total. The van der Waals surface area contributed by atoms with E-state index in [-0.39, 0.29) is 36.8 Å². The van der Waals surface area contributed by atoms with Gasteiger partial charge in [-0.15, -0.1) is 24.8 Å². The molecule has 0 aliphatic heterocycles. The van der Waals surface area contributed by atoms with Crippen molar-refractivity contribution in [3.8, 4) is 0 Å². The number of hydrogen-bond donors (Lipinski definition) is 4. The van der Waals surface area contributed by atoms with Gasteiger partial charge in [0.15, 0.2) is 17.0 Å². The van der Waals surface area contributed by atoms with Crippen LogP contribution in [0.4, 0.5) is 11.8 Å². The first-order chi connectivity index (χ1) is 17.5. The van der Waals surface area contributed by atoms with Crippen molar-refractivity contribution in [3.05, 3.63) is 40.1 Å². The predicted molar refractivity (Wildman–Crippen MR) is 158 cm³/mol. The quantitative estimate of drug-likeness (QED) is 0.247. The van der Waals surface area contributed by atoms with Crippen LogP contribution < -0.4 is 21.7 Å². The third-order valence-corrected chi connectivity index (χ3v) is 7.51. The van der Waals surface area contributed by atoms with E-state index < -0.39 is 0 Å². The third kappa shape index (κ3) is 7.33. The van der Waals surface area contributed by atoms with Gasteiger partial charge in [-0.2, -0.15) is 9.97 Å². The lowest BCUT2D eigenvalue weighted by Crippen LogP contribution is -2.33. The number of halogens is 4. The van der Waals surface area contributed by atoms with Crippen molar-refractivity contribution in [1.29, 1.82) is 0 Å². The Kier molecular flexibility index (Phi) is 11.1. The normalized spacial score (nSPS) is 19.4. The highest BCUT2D eigenvalue weighted by Crippen LogP contribution is 2.33. The Morgan fingerprint density at radius 3 is 2.34 bits per heavy atom. The first-order valence-electron chi connectivity index (χ1n) is 12.7. The SMILES string of the molecule is Cl.Cl.N[C@H]1CC[C@H](Nc2nc(NCCNC(=O)c3cc(Cl)cc(Cl)c3)c3ncn(C4CCCC4)c3n2)CC1. The van der Waals surface area contributed by atoms with E-state index in [1.165, 1.54) is 12.8 Å². The summed E-state index contributed by atoms with van der Waals surface area (Å²) in [6, 6.07) is 5.79. The summed E-state index contributed by atoms with van der Waals surface area (Å²) in [6.07, 6.45) is 10.6. The lowest BCUT2D eigenvalue weighted by molar-refractivity contribution is 0.0955. The fourth-order valence-electron chi connectivity index (χ4n) is 5.14. The molecule has 2 saturated carbocycles. The number of carbonyl (C=O) groups excluding carboxylic acids is 1.